The highest BCUT2D eigenvalue weighted by Gasteiger charge is 2.06. The fourth-order valence-electron chi connectivity index (χ4n) is 1.51. The van der Waals surface area contributed by atoms with Gasteiger partial charge in [0, 0.05) is 0 Å². The van der Waals surface area contributed by atoms with Gasteiger partial charge in [-0.05, 0) is 31.3 Å². The fraction of sp³-hybridized carbons (Fsp3) is 0.600. The maximum Gasteiger partial charge on any atom is -0.0219 e. The molecule has 0 nitrogen and oxygen atoms in total. The smallest absolute Gasteiger partial charge is 0.0219 e. The first kappa shape index (κ1) is 7.59. The molecule has 0 saturated carbocycles. The van der Waals surface area contributed by atoms with Crippen LogP contribution in [-0.4, -0.2) is 0 Å². The molecule has 0 spiro atoms. The number of rotatable bonds is 1. The minimum atomic E-state index is 0.705. The summed E-state index contributed by atoms with van der Waals surface area (Å²) < 4.78 is 0. The normalized spacial score (nSPS) is 18.8. The molecule has 0 fully saturated rings. The molecule has 56 valence electrons. The minimum absolute atomic E-state index is 0.705. The third kappa shape index (κ3) is 1.50. The van der Waals surface area contributed by atoms with E-state index in [1.807, 2.05) is 0 Å². The van der Waals surface area contributed by atoms with Crippen LogP contribution in [0.15, 0.2) is 23.3 Å². The monoisotopic (exact) mass is 136 g/mol. The molecule has 1 aliphatic carbocycles. The summed E-state index contributed by atoms with van der Waals surface area (Å²) in [5.74, 6) is 0.705. The molecule has 0 atom stereocenters. The van der Waals surface area contributed by atoms with Gasteiger partial charge in [-0.1, -0.05) is 31.6 Å². The second-order valence-electron chi connectivity index (χ2n) is 3.28. The van der Waals surface area contributed by atoms with Crippen molar-refractivity contribution in [2.45, 2.75) is 33.6 Å². The van der Waals surface area contributed by atoms with Gasteiger partial charge in [-0.25, -0.2) is 0 Å². The molecule has 0 N–H and O–H groups in total. The summed E-state index contributed by atoms with van der Waals surface area (Å²) >= 11 is 0. The van der Waals surface area contributed by atoms with Crippen LogP contribution in [0, 0.1) is 5.92 Å². The average molecular weight is 136 g/mol. The van der Waals surface area contributed by atoms with Crippen LogP contribution in [0.3, 0.4) is 0 Å². The van der Waals surface area contributed by atoms with Crippen molar-refractivity contribution >= 4 is 0 Å². The van der Waals surface area contributed by atoms with E-state index in [4.69, 9.17) is 0 Å². The average Bonchev–Trinajstić information content (AvgIpc) is 1.88. The van der Waals surface area contributed by atoms with Gasteiger partial charge in [0.1, 0.15) is 0 Å². The van der Waals surface area contributed by atoms with E-state index in [-0.39, 0.29) is 0 Å². The van der Waals surface area contributed by atoms with E-state index < -0.39 is 0 Å². The Morgan fingerprint density at radius 2 is 1.80 bits per heavy atom. The molecular formula is C10H16. The molecule has 0 radical (unpaired) electrons. The van der Waals surface area contributed by atoms with Gasteiger partial charge in [0.2, 0.25) is 0 Å². The topological polar surface area (TPSA) is 0 Å². The Kier molecular flexibility index (Phi) is 2.31. The SMILES string of the molecule is CC1=CCCC=C1C(C)C. The summed E-state index contributed by atoms with van der Waals surface area (Å²) in [6.07, 6.45) is 7.20. The predicted octanol–water partition coefficient (Wildman–Crippen LogP) is 3.31. The van der Waals surface area contributed by atoms with Crippen LogP contribution in [0.5, 0.6) is 0 Å². The Balaban J connectivity index is 2.74. The van der Waals surface area contributed by atoms with E-state index in [1.165, 1.54) is 18.4 Å². The van der Waals surface area contributed by atoms with Gasteiger partial charge in [-0.3, -0.25) is 0 Å². The summed E-state index contributed by atoms with van der Waals surface area (Å²) in [4.78, 5) is 0. The molecule has 0 amide bonds. The Morgan fingerprint density at radius 1 is 1.20 bits per heavy atom. The first-order chi connectivity index (χ1) is 4.72. The zero-order valence-electron chi connectivity index (χ0n) is 7.15. The quantitative estimate of drug-likeness (QED) is 0.518. The maximum atomic E-state index is 2.38. The van der Waals surface area contributed by atoms with Gasteiger partial charge in [-0.2, -0.15) is 0 Å². The van der Waals surface area contributed by atoms with Crippen molar-refractivity contribution in [1.82, 2.24) is 0 Å². The van der Waals surface area contributed by atoms with E-state index in [9.17, 15) is 0 Å². The Morgan fingerprint density at radius 3 is 2.20 bits per heavy atom. The van der Waals surface area contributed by atoms with Crippen molar-refractivity contribution in [3.8, 4) is 0 Å². The van der Waals surface area contributed by atoms with E-state index >= 15 is 0 Å². The van der Waals surface area contributed by atoms with Crippen molar-refractivity contribution < 1.29 is 0 Å². The van der Waals surface area contributed by atoms with Crippen LogP contribution in [0.4, 0.5) is 0 Å². The van der Waals surface area contributed by atoms with Crippen LogP contribution in [0.1, 0.15) is 33.6 Å². The minimum Gasteiger partial charge on any atom is -0.0810 e. The lowest BCUT2D eigenvalue weighted by Gasteiger charge is -2.15. The molecule has 0 bridgehead atoms. The summed E-state index contributed by atoms with van der Waals surface area (Å²) in [5, 5.41) is 0. The van der Waals surface area contributed by atoms with Gasteiger partial charge in [0.15, 0.2) is 0 Å². The molecule has 0 aliphatic heterocycles. The standard InChI is InChI=1S/C10H16/c1-8(2)10-7-5-4-6-9(10)3/h6-8H,4-5H2,1-3H3. The van der Waals surface area contributed by atoms with E-state index in [2.05, 4.69) is 32.9 Å². The van der Waals surface area contributed by atoms with Crippen LogP contribution in [0.25, 0.3) is 0 Å². The Hall–Kier alpha value is -0.520. The van der Waals surface area contributed by atoms with Crippen LogP contribution < -0.4 is 0 Å². The summed E-state index contributed by atoms with van der Waals surface area (Å²) in [6.45, 7) is 6.73. The van der Waals surface area contributed by atoms with Crippen molar-refractivity contribution in [1.29, 1.82) is 0 Å². The molecule has 0 unspecified atom stereocenters. The van der Waals surface area contributed by atoms with Crippen LogP contribution in [-0.2, 0) is 0 Å². The summed E-state index contributed by atoms with van der Waals surface area (Å²) in [6, 6.07) is 0. The zero-order chi connectivity index (χ0) is 7.56. The van der Waals surface area contributed by atoms with Gasteiger partial charge < -0.3 is 0 Å². The predicted molar refractivity (Wildman–Crippen MR) is 45.9 cm³/mol. The molecule has 1 aliphatic rings. The highest BCUT2D eigenvalue weighted by atomic mass is 14.1. The molecule has 1 rings (SSSR count). The maximum absolute atomic E-state index is 2.38. The first-order valence-corrected chi connectivity index (χ1v) is 4.09. The van der Waals surface area contributed by atoms with Crippen molar-refractivity contribution in [3.63, 3.8) is 0 Å². The molecule has 0 heteroatoms. The summed E-state index contributed by atoms with van der Waals surface area (Å²) in [7, 11) is 0. The molecule has 0 aromatic carbocycles. The highest BCUT2D eigenvalue weighted by Crippen LogP contribution is 2.24. The van der Waals surface area contributed by atoms with E-state index in [0.717, 1.165) is 0 Å². The molecular weight excluding hydrogens is 120 g/mol. The Bertz CT molecular complexity index is 170. The molecule has 0 saturated heterocycles. The molecule has 10 heavy (non-hydrogen) atoms. The zero-order valence-corrected chi connectivity index (χ0v) is 7.15. The largest absolute Gasteiger partial charge is 0.0810 e. The van der Waals surface area contributed by atoms with Crippen molar-refractivity contribution in [3.05, 3.63) is 23.3 Å². The lowest BCUT2D eigenvalue weighted by atomic mass is 9.91. The third-order valence-electron chi connectivity index (χ3n) is 2.06. The third-order valence-corrected chi connectivity index (χ3v) is 2.06. The second kappa shape index (κ2) is 3.05. The summed E-state index contributed by atoms with van der Waals surface area (Å²) in [5.41, 5.74) is 3.03. The van der Waals surface area contributed by atoms with Crippen LogP contribution >= 0.6 is 0 Å². The fourth-order valence-corrected chi connectivity index (χ4v) is 1.51. The van der Waals surface area contributed by atoms with Gasteiger partial charge in [-0.15, -0.1) is 0 Å². The van der Waals surface area contributed by atoms with Crippen molar-refractivity contribution in [2.24, 2.45) is 5.92 Å². The highest BCUT2D eigenvalue weighted by molar-refractivity contribution is 5.32. The van der Waals surface area contributed by atoms with Gasteiger partial charge >= 0.3 is 0 Å². The number of hydrogen-bond donors (Lipinski definition) is 0. The lowest BCUT2D eigenvalue weighted by molar-refractivity contribution is 0.756. The van der Waals surface area contributed by atoms with E-state index in [0.29, 0.717) is 5.92 Å². The van der Waals surface area contributed by atoms with Crippen molar-refractivity contribution in [2.75, 3.05) is 0 Å². The second-order valence-corrected chi connectivity index (χ2v) is 3.28. The molecule has 0 aromatic heterocycles. The van der Waals surface area contributed by atoms with Gasteiger partial charge in [0.25, 0.3) is 0 Å². The molecule has 0 aromatic rings. The van der Waals surface area contributed by atoms with Crippen LogP contribution in [0.2, 0.25) is 0 Å². The number of allylic oxidation sites excluding steroid dienone is 4. The van der Waals surface area contributed by atoms with E-state index in [1.54, 1.807) is 5.57 Å². The first-order valence-electron chi connectivity index (χ1n) is 4.09. The lowest BCUT2D eigenvalue weighted by Crippen LogP contribution is -1.98. The van der Waals surface area contributed by atoms with Gasteiger partial charge in [0.05, 0.1) is 0 Å². The molecule has 0 heterocycles. The Labute approximate surface area is 63.6 Å². The number of hydrogen-bond acceptors (Lipinski definition) is 0.